The van der Waals surface area contributed by atoms with Crippen LogP contribution in [0.3, 0.4) is 0 Å². The summed E-state index contributed by atoms with van der Waals surface area (Å²) >= 11 is 0. The molecule has 2 nitrogen and oxygen atoms in total. The Bertz CT molecular complexity index is 503. The van der Waals surface area contributed by atoms with Crippen LogP contribution in [0.5, 0.6) is 0 Å². The van der Waals surface area contributed by atoms with Gasteiger partial charge in [-0.05, 0) is 30.2 Å². The first-order valence-electron chi connectivity index (χ1n) is 5.51. The van der Waals surface area contributed by atoms with Gasteiger partial charge in [0, 0.05) is 6.54 Å². The molecule has 0 aliphatic heterocycles. The van der Waals surface area contributed by atoms with Gasteiger partial charge < -0.3 is 11.1 Å². The summed E-state index contributed by atoms with van der Waals surface area (Å²) < 4.78 is 13.5. The monoisotopic (exact) mass is 230 g/mol. The van der Waals surface area contributed by atoms with Crippen molar-refractivity contribution in [3.8, 4) is 0 Å². The highest BCUT2D eigenvalue weighted by atomic mass is 19.1. The minimum Gasteiger partial charge on any atom is -0.397 e. The van der Waals surface area contributed by atoms with Crippen LogP contribution in [0.15, 0.2) is 42.5 Å². The normalized spacial score (nSPS) is 10.2. The van der Waals surface area contributed by atoms with Gasteiger partial charge in [0.15, 0.2) is 0 Å². The Morgan fingerprint density at radius 2 is 1.88 bits per heavy atom. The Balaban J connectivity index is 2.16. The van der Waals surface area contributed by atoms with Crippen LogP contribution in [0.1, 0.15) is 11.1 Å². The number of nitrogens with one attached hydrogen (secondary N) is 1. The molecule has 3 N–H and O–H groups in total. The molecule has 3 heteroatoms. The molecular weight excluding hydrogens is 215 g/mol. The highest BCUT2D eigenvalue weighted by molar-refractivity contribution is 5.66. The molecule has 0 heterocycles. The molecule has 2 aromatic rings. The summed E-state index contributed by atoms with van der Waals surface area (Å²) in [6.07, 6.45) is 0. The zero-order valence-corrected chi connectivity index (χ0v) is 9.70. The standard InChI is InChI=1S/C14H15FN2/c1-10-5-2-3-6-11(10)9-17-14-12(15)7-4-8-13(14)16/h2-8,17H,9,16H2,1H3. The van der Waals surface area contributed by atoms with Crippen LogP contribution in [0.25, 0.3) is 0 Å². The molecule has 0 saturated heterocycles. The number of nitrogens with two attached hydrogens (primary N) is 1. The van der Waals surface area contributed by atoms with Gasteiger partial charge in [-0.15, -0.1) is 0 Å². The van der Waals surface area contributed by atoms with E-state index in [1.165, 1.54) is 11.6 Å². The van der Waals surface area contributed by atoms with E-state index in [-0.39, 0.29) is 5.82 Å². The fraction of sp³-hybridized carbons (Fsp3) is 0.143. The van der Waals surface area contributed by atoms with Gasteiger partial charge in [-0.25, -0.2) is 4.39 Å². The number of halogens is 1. The van der Waals surface area contributed by atoms with Crippen LogP contribution < -0.4 is 11.1 Å². The van der Waals surface area contributed by atoms with E-state index in [0.717, 1.165) is 5.56 Å². The Morgan fingerprint density at radius 3 is 2.59 bits per heavy atom. The third-order valence-corrected chi connectivity index (χ3v) is 2.76. The van der Waals surface area contributed by atoms with Crippen molar-refractivity contribution in [1.29, 1.82) is 0 Å². The zero-order chi connectivity index (χ0) is 12.3. The van der Waals surface area contributed by atoms with Crippen LogP contribution >= 0.6 is 0 Å². The van der Waals surface area contributed by atoms with Gasteiger partial charge in [-0.1, -0.05) is 30.3 Å². The topological polar surface area (TPSA) is 38.0 Å². The molecule has 17 heavy (non-hydrogen) atoms. The van der Waals surface area contributed by atoms with Gasteiger partial charge in [0.05, 0.1) is 11.4 Å². The number of nitrogen functional groups attached to an aromatic ring is 1. The lowest BCUT2D eigenvalue weighted by Gasteiger charge is -2.11. The van der Waals surface area contributed by atoms with Crippen molar-refractivity contribution in [2.75, 3.05) is 11.1 Å². The van der Waals surface area contributed by atoms with Crippen molar-refractivity contribution in [3.63, 3.8) is 0 Å². The maximum absolute atomic E-state index is 13.5. The average Bonchev–Trinajstić information content (AvgIpc) is 2.30. The molecule has 2 rings (SSSR count). The predicted octanol–water partition coefficient (Wildman–Crippen LogP) is 3.33. The first-order valence-corrected chi connectivity index (χ1v) is 5.51. The quantitative estimate of drug-likeness (QED) is 0.794. The summed E-state index contributed by atoms with van der Waals surface area (Å²) in [4.78, 5) is 0. The third kappa shape index (κ3) is 2.56. The van der Waals surface area contributed by atoms with Gasteiger partial charge in [0.25, 0.3) is 0 Å². The van der Waals surface area contributed by atoms with Gasteiger partial charge in [-0.3, -0.25) is 0 Å². The predicted molar refractivity (Wildman–Crippen MR) is 69.3 cm³/mol. The SMILES string of the molecule is Cc1ccccc1CNc1c(N)cccc1F. The van der Waals surface area contributed by atoms with Crippen molar-refractivity contribution in [2.45, 2.75) is 13.5 Å². The van der Waals surface area contributed by atoms with Crippen LogP contribution in [-0.2, 0) is 6.54 Å². The fourth-order valence-electron chi connectivity index (χ4n) is 1.72. The summed E-state index contributed by atoms with van der Waals surface area (Å²) in [5.41, 5.74) is 8.83. The van der Waals surface area contributed by atoms with Gasteiger partial charge in [0.2, 0.25) is 0 Å². The molecule has 0 unspecified atom stereocenters. The minimum absolute atomic E-state index is 0.321. The number of hydrogen-bond donors (Lipinski definition) is 2. The molecule has 0 radical (unpaired) electrons. The first kappa shape index (κ1) is 11.5. The second kappa shape index (κ2) is 4.87. The third-order valence-electron chi connectivity index (χ3n) is 2.76. The lowest BCUT2D eigenvalue weighted by molar-refractivity contribution is 0.630. The fourth-order valence-corrected chi connectivity index (χ4v) is 1.72. The Kier molecular flexibility index (Phi) is 3.28. The summed E-state index contributed by atoms with van der Waals surface area (Å²) in [5.74, 6) is -0.321. The van der Waals surface area contributed by atoms with Gasteiger partial charge >= 0.3 is 0 Å². The summed E-state index contributed by atoms with van der Waals surface area (Å²) in [6, 6.07) is 12.7. The molecule has 0 aliphatic rings. The molecule has 0 fully saturated rings. The Labute approximate surface area is 100 Å². The average molecular weight is 230 g/mol. The van der Waals surface area contributed by atoms with Crippen LogP contribution in [0.4, 0.5) is 15.8 Å². The number of hydrogen-bond acceptors (Lipinski definition) is 2. The molecule has 0 bridgehead atoms. The maximum atomic E-state index is 13.5. The second-order valence-corrected chi connectivity index (χ2v) is 3.98. The molecule has 0 spiro atoms. The Morgan fingerprint density at radius 1 is 1.12 bits per heavy atom. The van der Waals surface area contributed by atoms with Crippen LogP contribution in [0, 0.1) is 12.7 Å². The molecule has 0 aromatic heterocycles. The molecule has 0 atom stereocenters. The van der Waals surface area contributed by atoms with Crippen molar-refractivity contribution in [3.05, 3.63) is 59.4 Å². The van der Waals surface area contributed by atoms with Crippen molar-refractivity contribution in [2.24, 2.45) is 0 Å². The molecule has 0 amide bonds. The summed E-state index contributed by atoms with van der Waals surface area (Å²) in [5, 5.41) is 3.04. The summed E-state index contributed by atoms with van der Waals surface area (Å²) in [6.45, 7) is 2.60. The molecule has 0 saturated carbocycles. The molecule has 88 valence electrons. The van der Waals surface area contributed by atoms with E-state index >= 15 is 0 Å². The number of benzene rings is 2. The van der Waals surface area contributed by atoms with E-state index in [9.17, 15) is 4.39 Å². The van der Waals surface area contributed by atoms with E-state index < -0.39 is 0 Å². The van der Waals surface area contributed by atoms with E-state index in [2.05, 4.69) is 5.32 Å². The number of para-hydroxylation sites is 1. The largest absolute Gasteiger partial charge is 0.397 e. The van der Waals surface area contributed by atoms with E-state index in [0.29, 0.717) is 17.9 Å². The van der Waals surface area contributed by atoms with Crippen LogP contribution in [-0.4, -0.2) is 0 Å². The van der Waals surface area contributed by atoms with Crippen molar-refractivity contribution < 1.29 is 4.39 Å². The lowest BCUT2D eigenvalue weighted by atomic mass is 10.1. The maximum Gasteiger partial charge on any atom is 0.148 e. The van der Waals surface area contributed by atoms with E-state index in [4.69, 9.17) is 5.73 Å². The highest BCUT2D eigenvalue weighted by Crippen LogP contribution is 2.22. The van der Waals surface area contributed by atoms with Crippen LogP contribution in [0.2, 0.25) is 0 Å². The lowest BCUT2D eigenvalue weighted by Crippen LogP contribution is -2.05. The second-order valence-electron chi connectivity index (χ2n) is 3.98. The van der Waals surface area contributed by atoms with Gasteiger partial charge in [-0.2, -0.15) is 0 Å². The highest BCUT2D eigenvalue weighted by Gasteiger charge is 2.05. The zero-order valence-electron chi connectivity index (χ0n) is 9.70. The Hall–Kier alpha value is -2.03. The molecule has 0 aliphatic carbocycles. The number of rotatable bonds is 3. The smallest absolute Gasteiger partial charge is 0.148 e. The van der Waals surface area contributed by atoms with Crippen molar-refractivity contribution >= 4 is 11.4 Å². The number of anilines is 2. The van der Waals surface area contributed by atoms with Gasteiger partial charge in [0.1, 0.15) is 5.82 Å². The summed E-state index contributed by atoms with van der Waals surface area (Å²) in [7, 11) is 0. The molecule has 2 aromatic carbocycles. The first-order chi connectivity index (χ1) is 8.18. The van der Waals surface area contributed by atoms with E-state index in [1.54, 1.807) is 12.1 Å². The molecular formula is C14H15FN2. The minimum atomic E-state index is -0.321. The van der Waals surface area contributed by atoms with Crippen molar-refractivity contribution in [1.82, 2.24) is 0 Å². The van der Waals surface area contributed by atoms with E-state index in [1.807, 2.05) is 31.2 Å². The number of aryl methyl sites for hydroxylation is 1.